The predicted octanol–water partition coefficient (Wildman–Crippen LogP) is 0.703. The molecule has 12 heavy (non-hydrogen) atoms. The average Bonchev–Trinajstić information content (AvgIpc) is 2.03. The van der Waals surface area contributed by atoms with E-state index < -0.39 is 0 Å². The van der Waals surface area contributed by atoms with Gasteiger partial charge in [-0.1, -0.05) is 13.8 Å². The van der Waals surface area contributed by atoms with Crippen molar-refractivity contribution in [1.82, 2.24) is 5.32 Å². The van der Waals surface area contributed by atoms with Crippen LogP contribution >= 0.6 is 12.6 Å². The quantitative estimate of drug-likeness (QED) is 0.496. The summed E-state index contributed by atoms with van der Waals surface area (Å²) in [5.74, 6) is 0.237. The van der Waals surface area contributed by atoms with Crippen LogP contribution in [-0.4, -0.2) is 31.4 Å². The molecule has 0 bridgehead atoms. The Hall–Kier alpha value is -0.220. The highest BCUT2D eigenvalue weighted by atomic mass is 32.1. The number of carbonyl (C=O) groups is 1. The lowest BCUT2D eigenvalue weighted by Gasteiger charge is -2.13. The second-order valence-electron chi connectivity index (χ2n) is 2.97. The maximum Gasteiger partial charge on any atom is 0.233 e. The lowest BCUT2D eigenvalue weighted by atomic mass is 10.1. The Morgan fingerprint density at radius 3 is 2.58 bits per heavy atom. The molecule has 0 rings (SSSR count). The Balaban J connectivity index is 3.57. The molecule has 1 amide bonds. The molecule has 1 N–H and O–H groups in total. The summed E-state index contributed by atoms with van der Waals surface area (Å²) in [6.45, 7) is 5.03. The Labute approximate surface area is 79.3 Å². The molecule has 0 spiro atoms. The molecule has 0 aromatic rings. The normalized spacial score (nSPS) is 13.1. The summed E-state index contributed by atoms with van der Waals surface area (Å²) >= 11 is 4.17. The van der Waals surface area contributed by atoms with Crippen LogP contribution in [0.3, 0.4) is 0 Å². The van der Waals surface area contributed by atoms with Gasteiger partial charge in [0.25, 0.3) is 0 Å². The van der Waals surface area contributed by atoms with Crippen LogP contribution in [0.2, 0.25) is 0 Å². The van der Waals surface area contributed by atoms with Crippen molar-refractivity contribution < 1.29 is 9.53 Å². The van der Waals surface area contributed by atoms with Gasteiger partial charge in [-0.15, -0.1) is 0 Å². The van der Waals surface area contributed by atoms with Crippen LogP contribution in [0.1, 0.15) is 13.8 Å². The van der Waals surface area contributed by atoms with Gasteiger partial charge in [0.1, 0.15) is 0 Å². The Morgan fingerprint density at radius 1 is 1.58 bits per heavy atom. The number of rotatable bonds is 5. The molecular formula is C8H17NO2S. The smallest absolute Gasteiger partial charge is 0.233 e. The summed E-state index contributed by atoms with van der Waals surface area (Å²) in [7, 11) is 1.60. The van der Waals surface area contributed by atoms with Crippen LogP contribution in [0.15, 0.2) is 0 Å². The molecular weight excluding hydrogens is 174 g/mol. The van der Waals surface area contributed by atoms with E-state index in [4.69, 9.17) is 4.74 Å². The van der Waals surface area contributed by atoms with Gasteiger partial charge in [-0.25, -0.2) is 0 Å². The van der Waals surface area contributed by atoms with Crippen LogP contribution in [0.25, 0.3) is 0 Å². The number of ether oxygens (including phenoxy) is 1. The maximum absolute atomic E-state index is 11.2. The molecule has 0 aliphatic rings. The highest BCUT2D eigenvalue weighted by molar-refractivity contribution is 7.81. The van der Waals surface area contributed by atoms with Crippen molar-refractivity contribution in [3.8, 4) is 0 Å². The number of methoxy groups -OCH3 is 1. The number of carbonyl (C=O) groups excluding carboxylic acids is 1. The molecule has 0 fully saturated rings. The van der Waals surface area contributed by atoms with Crippen LogP contribution in [0.5, 0.6) is 0 Å². The van der Waals surface area contributed by atoms with Gasteiger partial charge in [-0.2, -0.15) is 12.6 Å². The first kappa shape index (κ1) is 11.8. The maximum atomic E-state index is 11.2. The van der Waals surface area contributed by atoms with E-state index in [9.17, 15) is 4.79 Å². The zero-order valence-electron chi connectivity index (χ0n) is 7.83. The molecule has 0 aromatic carbocycles. The fourth-order valence-corrected chi connectivity index (χ4v) is 0.775. The number of nitrogens with one attached hydrogen (secondary N) is 1. The van der Waals surface area contributed by atoms with Gasteiger partial charge >= 0.3 is 0 Å². The zero-order chi connectivity index (χ0) is 9.56. The summed E-state index contributed by atoms with van der Waals surface area (Å²) < 4.78 is 4.79. The number of amides is 1. The number of hydrogen-bond acceptors (Lipinski definition) is 3. The van der Waals surface area contributed by atoms with Gasteiger partial charge in [0, 0.05) is 13.7 Å². The average molecular weight is 191 g/mol. The van der Waals surface area contributed by atoms with Crippen molar-refractivity contribution in [2.75, 3.05) is 20.3 Å². The fourth-order valence-electron chi connectivity index (χ4n) is 0.684. The van der Waals surface area contributed by atoms with Gasteiger partial charge in [0.2, 0.25) is 5.91 Å². The predicted molar refractivity (Wildman–Crippen MR) is 52.5 cm³/mol. The minimum absolute atomic E-state index is 0.0228. The van der Waals surface area contributed by atoms with E-state index in [0.717, 1.165) is 0 Å². The second kappa shape index (κ2) is 6.31. The van der Waals surface area contributed by atoms with Crippen molar-refractivity contribution in [2.24, 2.45) is 5.92 Å². The van der Waals surface area contributed by atoms with Gasteiger partial charge in [0.05, 0.1) is 11.9 Å². The highest BCUT2D eigenvalue weighted by Crippen LogP contribution is 2.07. The van der Waals surface area contributed by atoms with Crippen molar-refractivity contribution in [2.45, 2.75) is 19.1 Å². The molecule has 1 unspecified atom stereocenters. The van der Waals surface area contributed by atoms with Gasteiger partial charge in [0.15, 0.2) is 0 Å². The van der Waals surface area contributed by atoms with E-state index in [0.29, 0.717) is 13.2 Å². The summed E-state index contributed by atoms with van der Waals surface area (Å²) in [4.78, 5) is 11.2. The van der Waals surface area contributed by atoms with E-state index in [-0.39, 0.29) is 17.1 Å². The first-order valence-corrected chi connectivity index (χ1v) is 4.56. The molecule has 1 atom stereocenters. The Morgan fingerprint density at radius 2 is 2.17 bits per heavy atom. The summed E-state index contributed by atoms with van der Waals surface area (Å²) in [6, 6.07) is 0. The minimum atomic E-state index is -0.221. The highest BCUT2D eigenvalue weighted by Gasteiger charge is 2.16. The molecule has 0 radical (unpaired) electrons. The third-order valence-corrected chi connectivity index (χ3v) is 2.34. The first-order valence-electron chi connectivity index (χ1n) is 4.04. The molecule has 72 valence electrons. The molecule has 0 heterocycles. The zero-order valence-corrected chi connectivity index (χ0v) is 8.73. The van der Waals surface area contributed by atoms with Crippen LogP contribution < -0.4 is 5.32 Å². The topological polar surface area (TPSA) is 38.3 Å². The SMILES string of the molecule is COCCNC(=O)C(S)C(C)C. The van der Waals surface area contributed by atoms with Crippen LogP contribution in [-0.2, 0) is 9.53 Å². The molecule has 4 heteroatoms. The monoisotopic (exact) mass is 191 g/mol. The van der Waals surface area contributed by atoms with Crippen LogP contribution in [0.4, 0.5) is 0 Å². The van der Waals surface area contributed by atoms with E-state index in [2.05, 4.69) is 17.9 Å². The van der Waals surface area contributed by atoms with Crippen molar-refractivity contribution in [3.05, 3.63) is 0 Å². The second-order valence-corrected chi connectivity index (χ2v) is 3.53. The van der Waals surface area contributed by atoms with Gasteiger partial charge in [-0.05, 0) is 5.92 Å². The first-order chi connectivity index (χ1) is 5.59. The Kier molecular flexibility index (Phi) is 6.20. The van der Waals surface area contributed by atoms with Gasteiger partial charge in [-0.3, -0.25) is 4.79 Å². The van der Waals surface area contributed by atoms with Crippen molar-refractivity contribution in [3.63, 3.8) is 0 Å². The standard InChI is InChI=1S/C8H17NO2S/c1-6(2)7(12)8(10)9-4-5-11-3/h6-7,12H,4-5H2,1-3H3,(H,9,10). The molecule has 0 saturated heterocycles. The molecule has 0 aliphatic carbocycles. The molecule has 0 saturated carbocycles. The van der Waals surface area contributed by atoms with Gasteiger partial charge < -0.3 is 10.1 Å². The third-order valence-electron chi connectivity index (χ3n) is 1.51. The molecule has 0 aliphatic heterocycles. The molecule has 3 nitrogen and oxygen atoms in total. The number of hydrogen-bond donors (Lipinski definition) is 2. The van der Waals surface area contributed by atoms with E-state index >= 15 is 0 Å². The fraction of sp³-hybridized carbons (Fsp3) is 0.875. The number of thiol groups is 1. The Bertz CT molecular complexity index is 139. The summed E-state index contributed by atoms with van der Waals surface area (Å²) in [5, 5.41) is 2.50. The van der Waals surface area contributed by atoms with Crippen molar-refractivity contribution in [1.29, 1.82) is 0 Å². The van der Waals surface area contributed by atoms with E-state index in [1.54, 1.807) is 7.11 Å². The van der Waals surface area contributed by atoms with E-state index in [1.165, 1.54) is 0 Å². The van der Waals surface area contributed by atoms with E-state index in [1.807, 2.05) is 13.8 Å². The largest absolute Gasteiger partial charge is 0.383 e. The lowest BCUT2D eigenvalue weighted by molar-refractivity contribution is -0.121. The lowest BCUT2D eigenvalue weighted by Crippen LogP contribution is -2.36. The van der Waals surface area contributed by atoms with Crippen LogP contribution in [0, 0.1) is 5.92 Å². The summed E-state index contributed by atoms with van der Waals surface area (Å²) in [5.41, 5.74) is 0. The minimum Gasteiger partial charge on any atom is -0.383 e. The summed E-state index contributed by atoms with van der Waals surface area (Å²) in [6.07, 6.45) is 0. The molecule has 0 aromatic heterocycles. The third kappa shape index (κ3) is 4.62. The van der Waals surface area contributed by atoms with Crippen molar-refractivity contribution >= 4 is 18.5 Å².